The van der Waals surface area contributed by atoms with Crippen LogP contribution in [-0.4, -0.2) is 73.5 Å². The molecule has 1 aliphatic heterocycles. The molecule has 47 heavy (non-hydrogen) atoms. The predicted molar refractivity (Wildman–Crippen MR) is 174 cm³/mol. The van der Waals surface area contributed by atoms with Crippen molar-refractivity contribution < 1.29 is 30.0 Å². The summed E-state index contributed by atoms with van der Waals surface area (Å²) >= 11 is 0. The average Bonchev–Trinajstić information content (AvgIpc) is 3.60. The van der Waals surface area contributed by atoms with Gasteiger partial charge in [-0.3, -0.25) is 19.1 Å². The summed E-state index contributed by atoms with van der Waals surface area (Å²) in [5.74, 6) is 8.22. The highest BCUT2D eigenvalue weighted by Gasteiger charge is 2.63. The highest BCUT2D eigenvalue weighted by atomic mass is 16.5. The van der Waals surface area contributed by atoms with E-state index in [1.807, 2.05) is 0 Å². The topological polar surface area (TPSA) is 174 Å². The monoisotopic (exact) mass is 655 g/mol. The van der Waals surface area contributed by atoms with Gasteiger partial charge >= 0.3 is 5.69 Å². The second-order valence-electron chi connectivity index (χ2n) is 15.8. The maximum atomic E-state index is 12.8. The molecule has 260 valence electrons. The molecule has 2 heterocycles. The maximum absolute atomic E-state index is 12.8. The lowest BCUT2D eigenvalue weighted by atomic mass is 9.43. The number of aromatic nitrogens is 2. The molecule has 13 atom stereocenters. The van der Waals surface area contributed by atoms with Gasteiger partial charge in [0, 0.05) is 19.0 Å². The van der Waals surface area contributed by atoms with Gasteiger partial charge in [0.15, 0.2) is 0 Å². The lowest BCUT2D eigenvalue weighted by Gasteiger charge is -2.62. The summed E-state index contributed by atoms with van der Waals surface area (Å²) in [4.78, 5) is 39.7. The molecule has 0 aromatic carbocycles. The first-order chi connectivity index (χ1) is 22.4. The Labute approximate surface area is 276 Å². The number of hydrogen-bond acceptors (Lipinski definition) is 8. The van der Waals surface area contributed by atoms with E-state index in [1.165, 1.54) is 19.0 Å². The number of rotatable bonds is 7. The third-order valence-electron chi connectivity index (χ3n) is 13.6. The van der Waals surface area contributed by atoms with Gasteiger partial charge < -0.3 is 30.5 Å². The first-order valence-corrected chi connectivity index (χ1v) is 17.8. The normalized spacial score (nSPS) is 41.6. The smallest absolute Gasteiger partial charge is 0.330 e. The Morgan fingerprint density at radius 1 is 1.11 bits per heavy atom. The summed E-state index contributed by atoms with van der Waals surface area (Å²) in [7, 11) is 0. The lowest BCUT2D eigenvalue weighted by Crippen LogP contribution is -2.58. The molecule has 1 saturated heterocycles. The standard InChI is InChI=1S/C36H53N3O8/c1-20(25-9-10-26-24-8-7-22-15-23(41)12-13-35(22,2)27(24)16-30(43)36(25,26)3)6-11-31(44)37-14-4-5-21-18-39(34(46)38-33(21)45)32-17-28(42)29(19-40)47-32/h18,20,22-30,32,40-43H,6-17,19H2,1-3H3,(H,37,44)(H,38,45,46)/t20-,22-,23-,24+,25-,26+,27+,28+,29-,30+,32-,35+,36-/m1/s1. The molecular formula is C36H53N3O8. The number of carbonyl (C=O) groups is 1. The van der Waals surface area contributed by atoms with Crippen LogP contribution in [0.3, 0.4) is 0 Å². The second kappa shape index (κ2) is 13.4. The highest BCUT2D eigenvalue weighted by molar-refractivity contribution is 5.76. The molecule has 1 aromatic rings. The summed E-state index contributed by atoms with van der Waals surface area (Å²) in [5.41, 5.74) is -1.27. The molecule has 5 aliphatic rings. The van der Waals surface area contributed by atoms with Crippen LogP contribution in [0.1, 0.15) is 103 Å². The van der Waals surface area contributed by atoms with E-state index in [4.69, 9.17) is 4.74 Å². The number of H-pyrrole nitrogens is 1. The molecular weight excluding hydrogens is 602 g/mol. The SMILES string of the molecule is C[C@H](CCC(=O)NCC#Cc1cn([C@H]2C[C@H](O)[C@@H](CO)O2)c(=O)[nH]c1=O)[C@H]1CC[C@H]2[C@@H]3CC[C@@H]4C[C@H](O)CC[C@]4(C)[C@H]3C[C@H](O)[C@]12C. The van der Waals surface area contributed by atoms with Gasteiger partial charge in [-0.25, -0.2) is 4.79 Å². The number of amides is 1. The molecule has 6 rings (SSSR count). The molecule has 0 bridgehead atoms. The molecule has 11 nitrogen and oxygen atoms in total. The predicted octanol–water partition coefficient (Wildman–Crippen LogP) is 2.05. The van der Waals surface area contributed by atoms with Crippen LogP contribution in [0.25, 0.3) is 0 Å². The van der Waals surface area contributed by atoms with Crippen LogP contribution in [0.5, 0.6) is 0 Å². The van der Waals surface area contributed by atoms with Crippen LogP contribution in [-0.2, 0) is 9.53 Å². The number of nitrogens with zero attached hydrogens (tertiary/aromatic N) is 1. The van der Waals surface area contributed by atoms with Crippen LogP contribution >= 0.6 is 0 Å². The minimum Gasteiger partial charge on any atom is -0.394 e. The Morgan fingerprint density at radius 3 is 2.64 bits per heavy atom. The van der Waals surface area contributed by atoms with Crippen molar-refractivity contribution in [1.29, 1.82) is 0 Å². The zero-order chi connectivity index (χ0) is 33.7. The van der Waals surface area contributed by atoms with Crippen molar-refractivity contribution in [2.24, 2.45) is 46.3 Å². The van der Waals surface area contributed by atoms with E-state index in [9.17, 15) is 34.8 Å². The van der Waals surface area contributed by atoms with Gasteiger partial charge in [0.2, 0.25) is 5.91 Å². The maximum Gasteiger partial charge on any atom is 0.330 e. The Hall–Kier alpha value is -2.49. The van der Waals surface area contributed by atoms with Gasteiger partial charge in [-0.05, 0) is 104 Å². The lowest BCUT2D eigenvalue weighted by molar-refractivity contribution is -0.174. The van der Waals surface area contributed by atoms with Gasteiger partial charge in [-0.15, -0.1) is 0 Å². The minimum atomic E-state index is -0.934. The van der Waals surface area contributed by atoms with Crippen molar-refractivity contribution in [3.05, 3.63) is 32.6 Å². The zero-order valence-corrected chi connectivity index (χ0v) is 28.0. The van der Waals surface area contributed by atoms with Crippen LogP contribution in [0, 0.1) is 58.2 Å². The van der Waals surface area contributed by atoms with E-state index < -0.39 is 36.3 Å². The fourth-order valence-electron chi connectivity index (χ4n) is 10.9. The van der Waals surface area contributed by atoms with Gasteiger partial charge in [-0.2, -0.15) is 0 Å². The van der Waals surface area contributed by atoms with Crippen LogP contribution in [0.15, 0.2) is 15.8 Å². The molecule has 5 fully saturated rings. The number of ether oxygens (including phenoxy) is 1. The Bertz CT molecular complexity index is 1500. The fraction of sp³-hybridized carbons (Fsp3) is 0.806. The molecule has 1 amide bonds. The number of aliphatic hydroxyl groups is 4. The molecule has 1 aromatic heterocycles. The average molecular weight is 656 g/mol. The van der Waals surface area contributed by atoms with E-state index in [1.54, 1.807) is 0 Å². The van der Waals surface area contributed by atoms with E-state index in [0.29, 0.717) is 36.0 Å². The Balaban J connectivity index is 1.02. The summed E-state index contributed by atoms with van der Waals surface area (Å²) in [6, 6.07) is 0. The third kappa shape index (κ3) is 6.25. The van der Waals surface area contributed by atoms with Gasteiger partial charge in [0.05, 0.1) is 31.5 Å². The highest BCUT2D eigenvalue weighted by Crippen LogP contribution is 2.68. The van der Waals surface area contributed by atoms with E-state index in [-0.39, 0.29) is 53.4 Å². The molecule has 11 heteroatoms. The van der Waals surface area contributed by atoms with Crippen molar-refractivity contribution in [3.8, 4) is 11.8 Å². The summed E-state index contributed by atoms with van der Waals surface area (Å²) in [6.45, 7) is 6.63. The van der Waals surface area contributed by atoms with E-state index in [0.717, 1.165) is 49.5 Å². The minimum absolute atomic E-state index is 0.0267. The Morgan fingerprint density at radius 2 is 1.89 bits per heavy atom. The van der Waals surface area contributed by atoms with Crippen molar-refractivity contribution in [3.63, 3.8) is 0 Å². The van der Waals surface area contributed by atoms with Gasteiger partial charge in [0.1, 0.15) is 17.9 Å². The molecule has 4 saturated carbocycles. The number of hydrogen-bond donors (Lipinski definition) is 6. The summed E-state index contributed by atoms with van der Waals surface area (Å²) in [5, 5.41) is 44.3. The summed E-state index contributed by atoms with van der Waals surface area (Å²) < 4.78 is 6.68. The molecule has 6 N–H and O–H groups in total. The van der Waals surface area contributed by atoms with Gasteiger partial charge in [-0.1, -0.05) is 32.6 Å². The van der Waals surface area contributed by atoms with Crippen molar-refractivity contribution in [2.45, 2.75) is 122 Å². The van der Waals surface area contributed by atoms with E-state index in [2.05, 4.69) is 42.9 Å². The van der Waals surface area contributed by atoms with E-state index >= 15 is 0 Å². The largest absolute Gasteiger partial charge is 0.394 e. The fourth-order valence-corrected chi connectivity index (χ4v) is 10.9. The number of nitrogens with one attached hydrogen (secondary N) is 2. The van der Waals surface area contributed by atoms with Gasteiger partial charge in [0.25, 0.3) is 5.56 Å². The number of aliphatic hydroxyl groups excluding tert-OH is 4. The van der Waals surface area contributed by atoms with Crippen LogP contribution < -0.4 is 16.6 Å². The first kappa shape index (κ1) is 34.4. The van der Waals surface area contributed by atoms with Crippen molar-refractivity contribution in [1.82, 2.24) is 14.9 Å². The quantitative estimate of drug-likeness (QED) is 0.242. The van der Waals surface area contributed by atoms with Crippen LogP contribution in [0.2, 0.25) is 0 Å². The number of fused-ring (bicyclic) bond motifs is 5. The van der Waals surface area contributed by atoms with Crippen molar-refractivity contribution in [2.75, 3.05) is 13.2 Å². The van der Waals surface area contributed by atoms with Crippen molar-refractivity contribution >= 4 is 5.91 Å². The zero-order valence-electron chi connectivity index (χ0n) is 28.0. The number of carbonyl (C=O) groups excluding carboxylic acids is 1. The first-order valence-electron chi connectivity index (χ1n) is 17.8. The van der Waals surface area contributed by atoms with Crippen LogP contribution in [0.4, 0.5) is 0 Å². The second-order valence-corrected chi connectivity index (χ2v) is 15.8. The number of aromatic amines is 1. The summed E-state index contributed by atoms with van der Waals surface area (Å²) in [6.07, 6.45) is 7.61. The molecule has 4 aliphatic carbocycles. The molecule has 0 radical (unpaired) electrons. The molecule has 0 spiro atoms. The third-order valence-corrected chi connectivity index (χ3v) is 13.6. The Kier molecular flexibility index (Phi) is 9.82. The molecule has 0 unspecified atom stereocenters.